The summed E-state index contributed by atoms with van der Waals surface area (Å²) in [6.07, 6.45) is 2.12. The monoisotopic (exact) mass is 365 g/mol. The van der Waals surface area contributed by atoms with E-state index in [0.29, 0.717) is 12.5 Å². The van der Waals surface area contributed by atoms with Crippen LogP contribution in [0.15, 0.2) is 16.4 Å². The van der Waals surface area contributed by atoms with Crippen molar-refractivity contribution < 1.29 is 4.79 Å². The first kappa shape index (κ1) is 18.4. The molecule has 0 spiro atoms. The summed E-state index contributed by atoms with van der Waals surface area (Å²) in [6.45, 7) is 6.97. The summed E-state index contributed by atoms with van der Waals surface area (Å²) in [5.74, 6) is 0.375. The average molecular weight is 366 g/mol. The normalized spacial score (nSPS) is 11.5. The van der Waals surface area contributed by atoms with Crippen LogP contribution in [0.3, 0.4) is 0 Å². The Hall–Kier alpha value is -1.93. The number of amides is 1. The van der Waals surface area contributed by atoms with Crippen molar-refractivity contribution in [2.75, 3.05) is 11.9 Å². The van der Waals surface area contributed by atoms with Crippen molar-refractivity contribution in [1.82, 2.24) is 10.3 Å². The molecule has 0 aromatic carbocycles. The van der Waals surface area contributed by atoms with Crippen LogP contribution in [0.25, 0.3) is 10.6 Å². The maximum Gasteiger partial charge on any atom is 0.217 e. The van der Waals surface area contributed by atoms with Crippen molar-refractivity contribution in [3.8, 4) is 10.6 Å². The first-order valence-corrected chi connectivity index (χ1v) is 9.55. The fraction of sp³-hybridized carbons (Fsp3) is 0.438. The van der Waals surface area contributed by atoms with Crippen molar-refractivity contribution in [2.24, 2.45) is 10.7 Å². The molecular weight excluding hydrogens is 342 g/mol. The Balaban J connectivity index is 2.03. The molecule has 24 heavy (non-hydrogen) atoms. The minimum atomic E-state index is -0.0256. The van der Waals surface area contributed by atoms with E-state index in [1.807, 2.05) is 12.3 Å². The highest BCUT2D eigenvalue weighted by Crippen LogP contribution is 2.33. The zero-order valence-corrected chi connectivity index (χ0v) is 15.8. The third kappa shape index (κ3) is 5.31. The average Bonchev–Trinajstić information content (AvgIpc) is 3.12. The fourth-order valence-corrected chi connectivity index (χ4v) is 3.84. The zero-order chi connectivity index (χ0) is 17.5. The number of nitrogens with two attached hydrogens (primary N) is 1. The van der Waals surface area contributed by atoms with E-state index in [2.05, 4.69) is 33.6 Å². The van der Waals surface area contributed by atoms with Crippen LogP contribution in [-0.2, 0) is 11.3 Å². The number of nitrogens with one attached hydrogen (secondary N) is 2. The molecule has 0 fully saturated rings. The van der Waals surface area contributed by atoms with E-state index in [4.69, 9.17) is 5.73 Å². The lowest BCUT2D eigenvalue weighted by Gasteiger charge is -2.00. The molecule has 0 unspecified atom stereocenters. The van der Waals surface area contributed by atoms with Crippen LogP contribution < -0.4 is 16.4 Å². The van der Waals surface area contributed by atoms with Gasteiger partial charge in [0, 0.05) is 23.7 Å². The molecule has 0 atom stereocenters. The predicted molar refractivity (Wildman–Crippen MR) is 103 cm³/mol. The van der Waals surface area contributed by atoms with Crippen molar-refractivity contribution in [3.05, 3.63) is 21.9 Å². The Kier molecular flexibility index (Phi) is 6.74. The van der Waals surface area contributed by atoms with Gasteiger partial charge in [0.25, 0.3) is 0 Å². The van der Waals surface area contributed by atoms with Crippen LogP contribution in [0.2, 0.25) is 0 Å². The van der Waals surface area contributed by atoms with Gasteiger partial charge in [0.1, 0.15) is 0 Å². The first-order valence-electron chi connectivity index (χ1n) is 7.86. The van der Waals surface area contributed by atoms with Crippen molar-refractivity contribution in [1.29, 1.82) is 0 Å². The van der Waals surface area contributed by atoms with Crippen LogP contribution in [0, 0.1) is 6.92 Å². The SMILES string of the molecule is CCCCN=C(N)Nc1nc(-c2cc(C)c(CNC(C)=O)s2)cs1. The lowest BCUT2D eigenvalue weighted by molar-refractivity contribution is -0.119. The minimum absolute atomic E-state index is 0.0256. The molecule has 2 heterocycles. The first-order chi connectivity index (χ1) is 11.5. The van der Waals surface area contributed by atoms with Crippen LogP contribution in [-0.4, -0.2) is 23.4 Å². The fourth-order valence-electron chi connectivity index (χ4n) is 1.98. The molecule has 0 aliphatic rings. The number of thiophene rings is 1. The van der Waals surface area contributed by atoms with Crippen molar-refractivity contribution >= 4 is 39.7 Å². The Labute approximate surface area is 150 Å². The van der Waals surface area contributed by atoms with Gasteiger partial charge in [0.15, 0.2) is 11.1 Å². The van der Waals surface area contributed by atoms with E-state index < -0.39 is 0 Å². The predicted octanol–water partition coefficient (Wildman–Crippen LogP) is 3.34. The molecule has 0 saturated heterocycles. The molecule has 2 aromatic rings. The molecule has 0 aliphatic heterocycles. The number of hydrogen-bond acceptors (Lipinski definition) is 5. The van der Waals surface area contributed by atoms with Crippen molar-refractivity contribution in [2.45, 2.75) is 40.2 Å². The number of carbonyl (C=O) groups excluding carboxylic acids is 1. The molecule has 130 valence electrons. The molecule has 8 heteroatoms. The number of guanidine groups is 1. The third-order valence-electron chi connectivity index (χ3n) is 3.30. The van der Waals surface area contributed by atoms with E-state index >= 15 is 0 Å². The summed E-state index contributed by atoms with van der Waals surface area (Å²) in [7, 11) is 0. The number of aliphatic imine (C=N–C) groups is 1. The molecule has 0 bridgehead atoms. The van der Waals surface area contributed by atoms with E-state index in [-0.39, 0.29) is 5.91 Å². The molecule has 2 aromatic heterocycles. The topological polar surface area (TPSA) is 92.4 Å². The van der Waals surface area contributed by atoms with Crippen LogP contribution in [0.4, 0.5) is 5.13 Å². The number of nitrogens with zero attached hydrogens (tertiary/aromatic N) is 2. The summed E-state index contributed by atoms with van der Waals surface area (Å²) in [5, 5.41) is 8.60. The highest BCUT2D eigenvalue weighted by Gasteiger charge is 2.11. The summed E-state index contributed by atoms with van der Waals surface area (Å²) in [6, 6.07) is 2.10. The number of anilines is 1. The molecular formula is C16H23N5OS2. The van der Waals surface area contributed by atoms with Gasteiger partial charge in [0.05, 0.1) is 17.1 Å². The highest BCUT2D eigenvalue weighted by atomic mass is 32.1. The summed E-state index contributed by atoms with van der Waals surface area (Å²) >= 11 is 3.14. The summed E-state index contributed by atoms with van der Waals surface area (Å²) in [5.41, 5.74) is 7.93. The van der Waals surface area contributed by atoms with E-state index in [1.54, 1.807) is 11.3 Å². The molecule has 0 aliphatic carbocycles. The Morgan fingerprint density at radius 2 is 2.25 bits per heavy atom. The summed E-state index contributed by atoms with van der Waals surface area (Å²) in [4.78, 5) is 22.1. The number of carbonyl (C=O) groups is 1. The van der Waals surface area contributed by atoms with E-state index in [9.17, 15) is 4.79 Å². The lowest BCUT2D eigenvalue weighted by Crippen LogP contribution is -2.22. The minimum Gasteiger partial charge on any atom is -0.370 e. The van der Waals surface area contributed by atoms with Gasteiger partial charge in [-0.15, -0.1) is 22.7 Å². The van der Waals surface area contributed by atoms with Gasteiger partial charge in [0.2, 0.25) is 5.91 Å². The van der Waals surface area contributed by atoms with Crippen LogP contribution >= 0.6 is 22.7 Å². The van der Waals surface area contributed by atoms with Crippen LogP contribution in [0.5, 0.6) is 0 Å². The lowest BCUT2D eigenvalue weighted by atomic mass is 10.2. The van der Waals surface area contributed by atoms with Gasteiger partial charge >= 0.3 is 0 Å². The molecule has 4 N–H and O–H groups in total. The number of aromatic nitrogens is 1. The second-order valence-electron chi connectivity index (χ2n) is 5.41. The summed E-state index contributed by atoms with van der Waals surface area (Å²) < 4.78 is 0. The van der Waals surface area contributed by atoms with Crippen molar-refractivity contribution in [3.63, 3.8) is 0 Å². The Morgan fingerprint density at radius 1 is 1.46 bits per heavy atom. The van der Waals surface area contributed by atoms with E-state index in [0.717, 1.165) is 45.5 Å². The molecule has 0 radical (unpaired) electrons. The largest absolute Gasteiger partial charge is 0.370 e. The number of unbranched alkanes of at least 4 members (excludes halogenated alkanes) is 1. The molecule has 1 amide bonds. The quantitative estimate of drug-likeness (QED) is 0.398. The molecule has 0 saturated carbocycles. The Morgan fingerprint density at radius 3 is 2.96 bits per heavy atom. The maximum atomic E-state index is 11.1. The zero-order valence-electron chi connectivity index (χ0n) is 14.2. The number of rotatable bonds is 7. The number of hydrogen-bond donors (Lipinski definition) is 3. The number of aryl methyl sites for hydroxylation is 1. The highest BCUT2D eigenvalue weighted by molar-refractivity contribution is 7.17. The van der Waals surface area contributed by atoms with Crippen LogP contribution in [0.1, 0.15) is 37.1 Å². The van der Waals surface area contributed by atoms with Gasteiger partial charge in [-0.1, -0.05) is 13.3 Å². The molecule has 6 nitrogen and oxygen atoms in total. The third-order valence-corrected chi connectivity index (χ3v) is 5.32. The Bertz CT molecular complexity index is 720. The second kappa shape index (κ2) is 8.79. The second-order valence-corrected chi connectivity index (χ2v) is 7.40. The standard InChI is InChI=1S/C16H23N5OS2/c1-4-5-6-18-15(17)21-16-20-12(9-23-16)13-7-10(2)14(24-13)8-19-11(3)22/h7,9H,4-6,8H2,1-3H3,(H,19,22)(H3,17,18,20,21). The van der Waals surface area contributed by atoms with Gasteiger partial charge in [-0.05, 0) is 25.0 Å². The van der Waals surface area contributed by atoms with Gasteiger partial charge < -0.3 is 16.4 Å². The molecule has 2 rings (SSSR count). The van der Waals surface area contributed by atoms with E-state index in [1.165, 1.54) is 18.3 Å². The maximum absolute atomic E-state index is 11.1. The number of thiazole rings is 1. The van der Waals surface area contributed by atoms with Gasteiger partial charge in [-0.3, -0.25) is 9.79 Å². The van der Waals surface area contributed by atoms with Gasteiger partial charge in [-0.2, -0.15) is 0 Å². The van der Waals surface area contributed by atoms with Gasteiger partial charge in [-0.25, -0.2) is 4.98 Å². The smallest absolute Gasteiger partial charge is 0.217 e.